The molecular formula is C4HBN2S2. The highest BCUT2D eigenvalue weighted by atomic mass is 32.1. The molecule has 0 saturated heterocycles. The molecule has 2 aromatic heterocycles. The lowest BCUT2D eigenvalue weighted by Crippen LogP contribution is -1.96. The summed E-state index contributed by atoms with van der Waals surface area (Å²) in [5.41, 5.74) is 1.77. The molecule has 5 heteroatoms. The fourth-order valence-electron chi connectivity index (χ4n) is 0.596. The first kappa shape index (κ1) is 5.38. The van der Waals surface area contributed by atoms with Crippen LogP contribution in [0.2, 0.25) is 0 Å². The Bertz CT molecular complexity index is 297. The van der Waals surface area contributed by atoms with Gasteiger partial charge >= 0.3 is 0 Å². The van der Waals surface area contributed by atoms with Crippen LogP contribution < -0.4 is 4.91 Å². The lowest BCUT2D eigenvalue weighted by atomic mass is 10.2. The van der Waals surface area contributed by atoms with E-state index >= 15 is 0 Å². The van der Waals surface area contributed by atoms with Gasteiger partial charge in [0.15, 0.2) is 17.5 Å². The van der Waals surface area contributed by atoms with Gasteiger partial charge < -0.3 is 0 Å². The highest BCUT2D eigenvalue weighted by molar-refractivity contribution is 7.29. The summed E-state index contributed by atoms with van der Waals surface area (Å²) in [5.74, 6) is 0. The Morgan fingerprint density at radius 3 is 3.11 bits per heavy atom. The summed E-state index contributed by atoms with van der Waals surface area (Å²) >= 11 is 2.94. The molecule has 0 aliphatic rings. The zero-order valence-corrected chi connectivity index (χ0v) is 6.00. The number of aromatic nitrogens is 2. The Labute approximate surface area is 61.0 Å². The third-order valence-electron chi connectivity index (χ3n) is 0.930. The number of hydrogen-bond donors (Lipinski definition) is 0. The van der Waals surface area contributed by atoms with Crippen LogP contribution in [0.5, 0.6) is 0 Å². The van der Waals surface area contributed by atoms with Crippen molar-refractivity contribution in [2.24, 2.45) is 0 Å². The first-order valence-electron chi connectivity index (χ1n) is 2.32. The molecule has 0 N–H and O–H groups in total. The molecule has 0 atom stereocenters. The number of rotatable bonds is 0. The summed E-state index contributed by atoms with van der Waals surface area (Å²) in [6, 6.07) is 0. The van der Waals surface area contributed by atoms with Crippen molar-refractivity contribution in [3.8, 4) is 0 Å². The third kappa shape index (κ3) is 0.765. The quantitative estimate of drug-likeness (QED) is 0.515. The monoisotopic (exact) mass is 152 g/mol. The van der Waals surface area contributed by atoms with Crippen molar-refractivity contribution in [1.82, 2.24) is 9.97 Å². The Balaban J connectivity index is 2.92. The zero-order valence-electron chi connectivity index (χ0n) is 4.37. The van der Waals surface area contributed by atoms with E-state index in [-0.39, 0.29) is 0 Å². The molecule has 0 bridgehead atoms. The van der Waals surface area contributed by atoms with Gasteiger partial charge in [-0.1, -0.05) is 0 Å². The van der Waals surface area contributed by atoms with Crippen molar-refractivity contribution in [2.45, 2.75) is 0 Å². The molecule has 2 radical (unpaired) electrons. The summed E-state index contributed by atoms with van der Waals surface area (Å²) in [5, 5.41) is 0. The summed E-state index contributed by atoms with van der Waals surface area (Å²) < 4.78 is 0. The van der Waals surface area contributed by atoms with Crippen molar-refractivity contribution in [2.75, 3.05) is 0 Å². The first-order valence-corrected chi connectivity index (χ1v) is 4.01. The van der Waals surface area contributed by atoms with E-state index < -0.39 is 0 Å². The van der Waals surface area contributed by atoms with Gasteiger partial charge in [0.1, 0.15) is 0 Å². The van der Waals surface area contributed by atoms with E-state index in [9.17, 15) is 0 Å². The zero-order chi connectivity index (χ0) is 6.27. The molecule has 2 nitrogen and oxygen atoms in total. The van der Waals surface area contributed by atoms with E-state index in [1.807, 2.05) is 0 Å². The van der Waals surface area contributed by atoms with Crippen LogP contribution in [0.25, 0.3) is 9.66 Å². The van der Waals surface area contributed by atoms with Crippen LogP contribution in [-0.2, 0) is 0 Å². The van der Waals surface area contributed by atoms with Gasteiger partial charge in [-0.05, 0) is 0 Å². The number of nitrogens with zero attached hydrogens (tertiary/aromatic N) is 2. The lowest BCUT2D eigenvalue weighted by Gasteiger charge is -1.68. The average molecular weight is 152 g/mol. The van der Waals surface area contributed by atoms with Crippen LogP contribution in [0.1, 0.15) is 0 Å². The van der Waals surface area contributed by atoms with Gasteiger partial charge in [-0.25, -0.2) is 9.97 Å². The summed E-state index contributed by atoms with van der Waals surface area (Å²) in [7, 11) is 5.41. The molecule has 9 heavy (non-hydrogen) atoms. The van der Waals surface area contributed by atoms with Gasteiger partial charge in [-0.3, -0.25) is 0 Å². The standard InChI is InChI=1S/C4HBN2S2/c5-4-7-3-2(9-4)6-1-8-3/h1H. The van der Waals surface area contributed by atoms with Crippen LogP contribution in [0.4, 0.5) is 0 Å². The van der Waals surface area contributed by atoms with E-state index in [1.54, 1.807) is 5.51 Å². The smallest absolute Gasteiger partial charge is 0.157 e. The normalized spacial score (nSPS) is 10.7. The van der Waals surface area contributed by atoms with Crippen molar-refractivity contribution < 1.29 is 0 Å². The van der Waals surface area contributed by atoms with Gasteiger partial charge in [0.05, 0.1) is 5.51 Å². The second kappa shape index (κ2) is 1.78. The fraction of sp³-hybridized carbons (Fsp3) is 0. The first-order chi connectivity index (χ1) is 4.36. The second-order valence-electron chi connectivity index (χ2n) is 1.51. The van der Waals surface area contributed by atoms with Crippen LogP contribution in [0.15, 0.2) is 5.51 Å². The van der Waals surface area contributed by atoms with Gasteiger partial charge in [-0.2, -0.15) is 0 Å². The fourth-order valence-corrected chi connectivity index (χ4v) is 2.13. The maximum absolute atomic E-state index is 5.41. The molecule has 0 fully saturated rings. The van der Waals surface area contributed by atoms with Gasteiger partial charge in [0.25, 0.3) is 0 Å². The van der Waals surface area contributed by atoms with Crippen LogP contribution in [0.3, 0.4) is 0 Å². The minimum absolute atomic E-state index is 0.601. The average Bonchev–Trinajstić information content (AvgIpc) is 2.22. The summed E-state index contributed by atoms with van der Waals surface area (Å²) in [6.45, 7) is 0. The van der Waals surface area contributed by atoms with Crippen LogP contribution in [-0.4, -0.2) is 17.8 Å². The van der Waals surface area contributed by atoms with Crippen molar-refractivity contribution in [3.05, 3.63) is 5.51 Å². The molecular weight excluding hydrogens is 151 g/mol. The van der Waals surface area contributed by atoms with E-state index in [0.29, 0.717) is 4.91 Å². The Morgan fingerprint density at radius 2 is 2.33 bits per heavy atom. The molecule has 0 saturated carbocycles. The summed E-state index contributed by atoms with van der Waals surface area (Å²) in [6.07, 6.45) is 0. The molecule has 0 aliphatic heterocycles. The number of hydrogen-bond acceptors (Lipinski definition) is 4. The van der Waals surface area contributed by atoms with Crippen molar-refractivity contribution >= 4 is 45.1 Å². The molecule has 42 valence electrons. The molecule has 0 aliphatic carbocycles. The predicted octanol–water partition coefficient (Wildman–Crippen LogP) is 0.547. The van der Waals surface area contributed by atoms with E-state index in [4.69, 9.17) is 7.85 Å². The molecule has 0 unspecified atom stereocenters. The van der Waals surface area contributed by atoms with Gasteiger partial charge in [0.2, 0.25) is 0 Å². The minimum atomic E-state index is 0.601. The SMILES string of the molecule is [B]c1nc2scnc2s1. The molecule has 0 spiro atoms. The van der Waals surface area contributed by atoms with E-state index in [0.717, 1.165) is 9.66 Å². The summed E-state index contributed by atoms with van der Waals surface area (Å²) in [4.78, 5) is 10.5. The molecule has 0 amide bonds. The topological polar surface area (TPSA) is 25.8 Å². The largest absolute Gasteiger partial charge is 0.240 e. The van der Waals surface area contributed by atoms with Crippen LogP contribution in [0, 0.1) is 0 Å². The highest BCUT2D eigenvalue weighted by Crippen LogP contribution is 2.16. The third-order valence-corrected chi connectivity index (χ3v) is 2.57. The Hall–Kier alpha value is -0.415. The maximum atomic E-state index is 5.41. The Kier molecular flexibility index (Phi) is 1.06. The molecule has 2 heterocycles. The number of thiazole rings is 2. The van der Waals surface area contributed by atoms with E-state index in [2.05, 4.69) is 9.97 Å². The second-order valence-corrected chi connectivity index (χ2v) is 3.36. The molecule has 2 rings (SSSR count). The van der Waals surface area contributed by atoms with Crippen LogP contribution >= 0.6 is 22.7 Å². The van der Waals surface area contributed by atoms with E-state index in [1.165, 1.54) is 22.7 Å². The van der Waals surface area contributed by atoms with Crippen molar-refractivity contribution in [3.63, 3.8) is 0 Å². The number of fused-ring (bicyclic) bond motifs is 1. The van der Waals surface area contributed by atoms with Gasteiger partial charge in [-0.15, -0.1) is 22.7 Å². The highest BCUT2D eigenvalue weighted by Gasteiger charge is 1.99. The Morgan fingerprint density at radius 1 is 1.44 bits per heavy atom. The van der Waals surface area contributed by atoms with Crippen molar-refractivity contribution in [1.29, 1.82) is 0 Å². The lowest BCUT2D eigenvalue weighted by molar-refractivity contribution is 1.53. The predicted molar refractivity (Wildman–Crippen MR) is 40.7 cm³/mol. The van der Waals surface area contributed by atoms with Gasteiger partial charge in [0, 0.05) is 4.91 Å². The minimum Gasteiger partial charge on any atom is -0.240 e. The molecule has 2 aromatic rings. The maximum Gasteiger partial charge on any atom is 0.157 e. The molecule has 0 aromatic carbocycles.